The molecule has 3 rings (SSSR count). The third-order valence-electron chi connectivity index (χ3n) is 4.04. The standard InChI is InChI=1S/C19H19ClN4O4/c1-3-27-18(25)13-10-14(19(26)28-4-2)17-23-22-15(24(17)16(13)21)9-11-5-7-12(20)8-6-11/h5-8,10H,3-4,9,21H2,1-2H3. The monoisotopic (exact) mass is 402 g/mol. The van der Waals surface area contributed by atoms with Gasteiger partial charge in [-0.2, -0.15) is 0 Å². The van der Waals surface area contributed by atoms with Gasteiger partial charge in [0.1, 0.15) is 22.8 Å². The first-order valence-electron chi connectivity index (χ1n) is 8.71. The van der Waals surface area contributed by atoms with Crippen molar-refractivity contribution in [2.45, 2.75) is 20.3 Å². The van der Waals surface area contributed by atoms with Gasteiger partial charge < -0.3 is 15.2 Å². The molecule has 0 fully saturated rings. The molecule has 0 atom stereocenters. The Hall–Kier alpha value is -3.13. The molecule has 0 aliphatic heterocycles. The molecule has 2 aromatic heterocycles. The SMILES string of the molecule is CCOC(=O)c1cc(C(=O)OCC)c2nnc(Cc3ccc(Cl)cc3)n2c1N. The van der Waals surface area contributed by atoms with Crippen LogP contribution in [-0.4, -0.2) is 39.8 Å². The summed E-state index contributed by atoms with van der Waals surface area (Å²) in [5.74, 6) is -0.705. The van der Waals surface area contributed by atoms with Crippen molar-refractivity contribution in [3.63, 3.8) is 0 Å². The van der Waals surface area contributed by atoms with Crippen LogP contribution in [-0.2, 0) is 15.9 Å². The molecule has 9 heteroatoms. The maximum atomic E-state index is 12.4. The molecule has 0 bridgehead atoms. The van der Waals surface area contributed by atoms with Crippen molar-refractivity contribution >= 4 is 35.0 Å². The van der Waals surface area contributed by atoms with Crippen molar-refractivity contribution in [1.82, 2.24) is 14.6 Å². The number of carbonyl (C=O) groups excluding carboxylic acids is 2. The van der Waals surface area contributed by atoms with E-state index in [1.807, 2.05) is 12.1 Å². The van der Waals surface area contributed by atoms with Gasteiger partial charge in [0.25, 0.3) is 0 Å². The van der Waals surface area contributed by atoms with Gasteiger partial charge in [-0.25, -0.2) is 9.59 Å². The first kappa shape index (κ1) is 19.6. The molecule has 146 valence electrons. The molecular formula is C19H19ClN4O4. The quantitative estimate of drug-likeness (QED) is 0.631. The molecule has 0 radical (unpaired) electrons. The van der Waals surface area contributed by atoms with E-state index in [1.165, 1.54) is 10.5 Å². The summed E-state index contributed by atoms with van der Waals surface area (Å²) in [6.45, 7) is 3.72. The highest BCUT2D eigenvalue weighted by atomic mass is 35.5. The molecule has 28 heavy (non-hydrogen) atoms. The van der Waals surface area contributed by atoms with E-state index in [2.05, 4.69) is 10.2 Å². The summed E-state index contributed by atoms with van der Waals surface area (Å²) in [6.07, 6.45) is 0.372. The summed E-state index contributed by atoms with van der Waals surface area (Å²) in [5, 5.41) is 8.87. The van der Waals surface area contributed by atoms with E-state index in [0.717, 1.165) is 5.56 Å². The fourth-order valence-corrected chi connectivity index (χ4v) is 2.90. The number of hydrogen-bond acceptors (Lipinski definition) is 7. The van der Waals surface area contributed by atoms with Gasteiger partial charge in [0.05, 0.1) is 13.2 Å². The zero-order valence-corrected chi connectivity index (χ0v) is 16.2. The van der Waals surface area contributed by atoms with Gasteiger partial charge in [-0.1, -0.05) is 23.7 Å². The number of fused-ring (bicyclic) bond motifs is 1. The molecule has 8 nitrogen and oxygen atoms in total. The summed E-state index contributed by atoms with van der Waals surface area (Å²) >= 11 is 5.93. The van der Waals surface area contributed by atoms with Crippen LogP contribution in [0.1, 0.15) is 46.0 Å². The fourth-order valence-electron chi connectivity index (χ4n) is 2.78. The second-order valence-electron chi connectivity index (χ2n) is 5.88. The summed E-state index contributed by atoms with van der Waals surface area (Å²) < 4.78 is 11.6. The van der Waals surface area contributed by atoms with Gasteiger partial charge in [-0.15, -0.1) is 10.2 Å². The van der Waals surface area contributed by atoms with Crippen LogP contribution in [0.25, 0.3) is 5.65 Å². The fraction of sp³-hybridized carbons (Fsp3) is 0.263. The zero-order valence-electron chi connectivity index (χ0n) is 15.4. The summed E-state index contributed by atoms with van der Waals surface area (Å²) in [5.41, 5.74) is 7.50. The number of nitrogens with zero attached hydrogens (tertiary/aromatic N) is 3. The number of nitrogens with two attached hydrogens (primary N) is 1. The van der Waals surface area contributed by atoms with Crippen molar-refractivity contribution in [1.29, 1.82) is 0 Å². The lowest BCUT2D eigenvalue weighted by atomic mass is 10.1. The van der Waals surface area contributed by atoms with Crippen LogP contribution in [0.4, 0.5) is 5.82 Å². The summed E-state index contributed by atoms with van der Waals surface area (Å²) in [7, 11) is 0. The van der Waals surface area contributed by atoms with Gasteiger partial charge in [0.15, 0.2) is 5.65 Å². The Kier molecular flexibility index (Phi) is 5.79. The Bertz CT molecular complexity index is 1030. The highest BCUT2D eigenvalue weighted by Crippen LogP contribution is 2.24. The van der Waals surface area contributed by atoms with Crippen LogP contribution in [0.2, 0.25) is 5.02 Å². The number of nitrogen functional groups attached to an aromatic ring is 1. The van der Waals surface area contributed by atoms with Crippen LogP contribution in [0.5, 0.6) is 0 Å². The first-order chi connectivity index (χ1) is 13.5. The van der Waals surface area contributed by atoms with E-state index in [0.29, 0.717) is 17.3 Å². The Balaban J connectivity index is 2.17. The molecule has 0 saturated heterocycles. The Labute approximate surface area is 166 Å². The summed E-state index contributed by atoms with van der Waals surface area (Å²) in [4.78, 5) is 24.7. The van der Waals surface area contributed by atoms with Crippen molar-refractivity contribution < 1.29 is 19.1 Å². The average Bonchev–Trinajstić information content (AvgIpc) is 3.08. The predicted molar refractivity (Wildman–Crippen MR) is 104 cm³/mol. The highest BCUT2D eigenvalue weighted by molar-refractivity contribution is 6.30. The normalized spacial score (nSPS) is 10.8. The molecule has 0 unspecified atom stereocenters. The van der Waals surface area contributed by atoms with Crippen molar-refractivity contribution in [3.05, 3.63) is 57.9 Å². The van der Waals surface area contributed by atoms with E-state index in [4.69, 9.17) is 26.8 Å². The third kappa shape index (κ3) is 3.77. The second kappa shape index (κ2) is 8.26. The van der Waals surface area contributed by atoms with Crippen molar-refractivity contribution in [2.75, 3.05) is 18.9 Å². The van der Waals surface area contributed by atoms with Gasteiger partial charge in [0, 0.05) is 11.4 Å². The molecule has 3 aromatic rings. The smallest absolute Gasteiger partial charge is 0.342 e. The molecule has 0 saturated carbocycles. The lowest BCUT2D eigenvalue weighted by Gasteiger charge is -2.12. The van der Waals surface area contributed by atoms with Gasteiger partial charge in [-0.05, 0) is 37.6 Å². The number of ether oxygens (including phenoxy) is 2. The maximum Gasteiger partial charge on any atom is 0.342 e. The minimum atomic E-state index is -0.640. The number of esters is 2. The number of rotatable bonds is 6. The molecule has 0 spiro atoms. The van der Waals surface area contributed by atoms with Crippen LogP contribution in [0, 0.1) is 0 Å². The minimum Gasteiger partial charge on any atom is -0.462 e. The highest BCUT2D eigenvalue weighted by Gasteiger charge is 2.24. The van der Waals surface area contributed by atoms with Crippen molar-refractivity contribution in [3.8, 4) is 0 Å². The maximum absolute atomic E-state index is 12.4. The van der Waals surface area contributed by atoms with E-state index >= 15 is 0 Å². The number of hydrogen-bond donors (Lipinski definition) is 1. The largest absolute Gasteiger partial charge is 0.462 e. The van der Waals surface area contributed by atoms with Crippen LogP contribution < -0.4 is 5.73 Å². The third-order valence-corrected chi connectivity index (χ3v) is 4.29. The van der Waals surface area contributed by atoms with Gasteiger partial charge in [0.2, 0.25) is 0 Å². The van der Waals surface area contributed by atoms with E-state index in [1.54, 1.807) is 26.0 Å². The van der Waals surface area contributed by atoms with Gasteiger partial charge in [-0.3, -0.25) is 4.40 Å². The molecular weight excluding hydrogens is 384 g/mol. The molecule has 1 aromatic carbocycles. The zero-order chi connectivity index (χ0) is 20.3. The van der Waals surface area contributed by atoms with Crippen molar-refractivity contribution in [2.24, 2.45) is 0 Å². The lowest BCUT2D eigenvalue weighted by molar-refractivity contribution is 0.0526. The molecule has 2 heterocycles. The number of pyridine rings is 1. The minimum absolute atomic E-state index is 0.0505. The topological polar surface area (TPSA) is 109 Å². The number of halogens is 1. The van der Waals surface area contributed by atoms with E-state index < -0.39 is 11.9 Å². The Morgan fingerprint density at radius 3 is 2.25 bits per heavy atom. The number of aromatic nitrogens is 3. The summed E-state index contributed by atoms with van der Waals surface area (Å²) in [6, 6.07) is 8.55. The predicted octanol–water partition coefficient (Wildman–Crippen LogP) is 2.91. The Morgan fingerprint density at radius 1 is 1.04 bits per heavy atom. The molecule has 0 aliphatic carbocycles. The molecule has 0 aliphatic rings. The number of anilines is 1. The van der Waals surface area contributed by atoms with Crippen LogP contribution in [0.3, 0.4) is 0 Å². The molecule has 2 N–H and O–H groups in total. The van der Waals surface area contributed by atoms with Crippen LogP contribution in [0.15, 0.2) is 30.3 Å². The molecule has 0 amide bonds. The van der Waals surface area contributed by atoms with E-state index in [9.17, 15) is 9.59 Å². The second-order valence-corrected chi connectivity index (χ2v) is 6.31. The van der Waals surface area contributed by atoms with Crippen LogP contribution >= 0.6 is 11.6 Å². The van der Waals surface area contributed by atoms with E-state index in [-0.39, 0.29) is 35.8 Å². The number of benzene rings is 1. The average molecular weight is 403 g/mol. The lowest BCUT2D eigenvalue weighted by Crippen LogP contribution is -2.16. The number of carbonyl (C=O) groups is 2. The Morgan fingerprint density at radius 2 is 1.64 bits per heavy atom. The van der Waals surface area contributed by atoms with Gasteiger partial charge >= 0.3 is 11.9 Å². The first-order valence-corrected chi connectivity index (χ1v) is 9.09.